The van der Waals surface area contributed by atoms with Gasteiger partial charge in [0.05, 0.1) is 7.11 Å². The Morgan fingerprint density at radius 1 is 1.32 bits per heavy atom. The van der Waals surface area contributed by atoms with Crippen molar-refractivity contribution in [3.05, 3.63) is 21.9 Å². The van der Waals surface area contributed by atoms with Crippen molar-refractivity contribution in [2.45, 2.75) is 33.2 Å². The Balaban J connectivity index is 2.53. The van der Waals surface area contributed by atoms with Crippen molar-refractivity contribution in [3.8, 4) is 0 Å². The van der Waals surface area contributed by atoms with E-state index < -0.39 is 30.5 Å². The minimum absolute atomic E-state index is 0.0768. The highest BCUT2D eigenvalue weighted by atomic mass is 32.1. The van der Waals surface area contributed by atoms with Gasteiger partial charge in [-0.3, -0.25) is 4.79 Å². The van der Waals surface area contributed by atoms with Crippen molar-refractivity contribution in [2.75, 3.05) is 13.7 Å². The minimum Gasteiger partial charge on any atom is -0.467 e. The van der Waals surface area contributed by atoms with Crippen LogP contribution >= 0.6 is 11.3 Å². The van der Waals surface area contributed by atoms with Gasteiger partial charge >= 0.3 is 11.9 Å². The molecule has 0 radical (unpaired) electrons. The molecule has 0 aliphatic heterocycles. The molecule has 0 saturated heterocycles. The molecule has 0 bridgehead atoms. The van der Waals surface area contributed by atoms with Gasteiger partial charge in [0.15, 0.2) is 6.61 Å². The van der Waals surface area contributed by atoms with Gasteiger partial charge in [-0.1, -0.05) is 20.3 Å². The molecule has 1 N–H and O–H groups in total. The van der Waals surface area contributed by atoms with E-state index in [2.05, 4.69) is 10.1 Å². The average molecular weight is 327 g/mol. The van der Waals surface area contributed by atoms with Crippen LogP contribution in [0.3, 0.4) is 0 Å². The first-order chi connectivity index (χ1) is 10.4. The summed E-state index contributed by atoms with van der Waals surface area (Å²) in [5, 5.41) is 2.54. The normalized spacial score (nSPS) is 13.1. The molecular formula is C15H21NO5S. The maximum absolute atomic E-state index is 11.8. The molecule has 2 atom stereocenters. The number of thiophene rings is 1. The van der Waals surface area contributed by atoms with Crippen LogP contribution in [0.2, 0.25) is 0 Å². The number of methoxy groups -OCH3 is 1. The van der Waals surface area contributed by atoms with E-state index >= 15 is 0 Å². The Morgan fingerprint density at radius 2 is 2.00 bits per heavy atom. The van der Waals surface area contributed by atoms with E-state index in [9.17, 15) is 14.4 Å². The maximum Gasteiger partial charge on any atom is 0.348 e. The molecule has 0 unspecified atom stereocenters. The summed E-state index contributed by atoms with van der Waals surface area (Å²) in [4.78, 5) is 36.7. The smallest absolute Gasteiger partial charge is 0.348 e. The topological polar surface area (TPSA) is 81.7 Å². The molecule has 0 aliphatic rings. The van der Waals surface area contributed by atoms with Crippen molar-refractivity contribution in [1.29, 1.82) is 0 Å². The first-order valence-electron chi connectivity index (χ1n) is 6.99. The van der Waals surface area contributed by atoms with Crippen LogP contribution in [-0.2, 0) is 19.1 Å². The zero-order valence-corrected chi connectivity index (χ0v) is 14.0. The lowest BCUT2D eigenvalue weighted by Gasteiger charge is -2.21. The second-order valence-corrected chi connectivity index (χ2v) is 6.23. The molecule has 22 heavy (non-hydrogen) atoms. The van der Waals surface area contributed by atoms with E-state index in [0.717, 1.165) is 4.88 Å². The highest BCUT2D eigenvalue weighted by Crippen LogP contribution is 2.16. The van der Waals surface area contributed by atoms with Gasteiger partial charge in [-0.15, -0.1) is 11.3 Å². The van der Waals surface area contributed by atoms with Crippen LogP contribution in [0.1, 0.15) is 34.8 Å². The van der Waals surface area contributed by atoms with Gasteiger partial charge in [-0.2, -0.15) is 0 Å². The van der Waals surface area contributed by atoms with E-state index in [0.29, 0.717) is 11.3 Å². The number of ether oxygens (including phenoxy) is 2. The zero-order valence-electron chi connectivity index (χ0n) is 13.2. The lowest BCUT2D eigenvalue weighted by atomic mass is 9.99. The fourth-order valence-electron chi connectivity index (χ4n) is 1.76. The summed E-state index contributed by atoms with van der Waals surface area (Å²) in [6, 6.07) is 2.71. The Hall–Kier alpha value is -1.89. The Bertz CT molecular complexity index is 540. The predicted molar refractivity (Wildman–Crippen MR) is 82.7 cm³/mol. The molecule has 1 heterocycles. The molecule has 1 rings (SSSR count). The number of rotatable bonds is 7. The molecule has 0 saturated carbocycles. The van der Waals surface area contributed by atoms with Crippen molar-refractivity contribution in [1.82, 2.24) is 5.32 Å². The summed E-state index contributed by atoms with van der Waals surface area (Å²) >= 11 is 1.30. The van der Waals surface area contributed by atoms with E-state index in [1.165, 1.54) is 18.4 Å². The monoisotopic (exact) mass is 327 g/mol. The lowest BCUT2D eigenvalue weighted by molar-refractivity contribution is -0.147. The van der Waals surface area contributed by atoms with Crippen LogP contribution < -0.4 is 5.32 Å². The molecule has 0 aromatic carbocycles. The van der Waals surface area contributed by atoms with Gasteiger partial charge in [-0.05, 0) is 25.0 Å². The largest absolute Gasteiger partial charge is 0.467 e. The molecule has 6 nitrogen and oxygen atoms in total. The van der Waals surface area contributed by atoms with Gasteiger partial charge < -0.3 is 14.8 Å². The summed E-state index contributed by atoms with van der Waals surface area (Å²) in [7, 11) is 1.27. The molecule has 0 fully saturated rings. The van der Waals surface area contributed by atoms with E-state index in [-0.39, 0.29) is 5.92 Å². The second-order valence-electron chi connectivity index (χ2n) is 4.94. The highest BCUT2D eigenvalue weighted by molar-refractivity contribution is 7.13. The number of carbonyl (C=O) groups is 3. The summed E-state index contributed by atoms with van der Waals surface area (Å²) in [6.45, 7) is 5.19. The third-order valence-electron chi connectivity index (χ3n) is 3.26. The van der Waals surface area contributed by atoms with E-state index in [1.54, 1.807) is 12.1 Å². The van der Waals surface area contributed by atoms with Crippen LogP contribution in [-0.4, -0.2) is 37.6 Å². The third kappa shape index (κ3) is 5.14. The highest BCUT2D eigenvalue weighted by Gasteiger charge is 2.27. The minimum atomic E-state index is -0.745. The molecule has 0 spiro atoms. The standard InChI is InChI=1S/C15H21NO5S/c1-5-9(2)13(15(19)20-4)16-12(17)8-21-14(18)11-7-6-10(3)22-11/h6-7,9,13H,5,8H2,1-4H3,(H,16,17)/t9-,13+/m1/s1. The Labute approximate surface area is 133 Å². The number of amides is 1. The number of hydrogen-bond donors (Lipinski definition) is 1. The van der Waals surface area contributed by atoms with Gasteiger partial charge in [0.25, 0.3) is 5.91 Å². The van der Waals surface area contributed by atoms with Crippen molar-refractivity contribution in [2.24, 2.45) is 5.92 Å². The van der Waals surface area contributed by atoms with E-state index in [4.69, 9.17) is 4.74 Å². The lowest BCUT2D eigenvalue weighted by Crippen LogP contribution is -2.47. The van der Waals surface area contributed by atoms with Crippen LogP contribution in [0.4, 0.5) is 0 Å². The summed E-state index contributed by atoms with van der Waals surface area (Å²) in [5.74, 6) is -1.67. The fourth-order valence-corrected chi connectivity index (χ4v) is 2.52. The summed E-state index contributed by atoms with van der Waals surface area (Å²) in [5.41, 5.74) is 0. The third-order valence-corrected chi connectivity index (χ3v) is 4.24. The Kier molecular flexibility index (Phi) is 7.04. The molecule has 1 aromatic rings. The number of aryl methyl sites for hydroxylation is 1. The van der Waals surface area contributed by atoms with Crippen LogP contribution in [0.25, 0.3) is 0 Å². The summed E-state index contributed by atoms with van der Waals surface area (Å²) < 4.78 is 9.61. The molecule has 122 valence electrons. The average Bonchev–Trinajstić information content (AvgIpc) is 2.95. The fraction of sp³-hybridized carbons (Fsp3) is 0.533. The van der Waals surface area contributed by atoms with Crippen LogP contribution in [0.15, 0.2) is 12.1 Å². The number of carbonyl (C=O) groups excluding carboxylic acids is 3. The van der Waals surface area contributed by atoms with Gasteiger partial charge in [0.1, 0.15) is 10.9 Å². The van der Waals surface area contributed by atoms with Crippen molar-refractivity contribution < 1.29 is 23.9 Å². The zero-order chi connectivity index (χ0) is 16.7. The number of esters is 2. The van der Waals surface area contributed by atoms with Gasteiger partial charge in [0, 0.05) is 4.88 Å². The van der Waals surface area contributed by atoms with Crippen LogP contribution in [0, 0.1) is 12.8 Å². The number of nitrogens with one attached hydrogen (secondary N) is 1. The SMILES string of the molecule is CC[C@@H](C)[C@H](NC(=O)COC(=O)c1ccc(C)s1)C(=O)OC. The first kappa shape index (κ1) is 18.2. The van der Waals surface area contributed by atoms with Crippen molar-refractivity contribution in [3.63, 3.8) is 0 Å². The van der Waals surface area contributed by atoms with Gasteiger partial charge in [-0.25, -0.2) is 9.59 Å². The molecule has 1 amide bonds. The van der Waals surface area contributed by atoms with Crippen LogP contribution in [0.5, 0.6) is 0 Å². The second kappa shape index (κ2) is 8.53. The van der Waals surface area contributed by atoms with Crippen molar-refractivity contribution >= 4 is 29.2 Å². The molecule has 0 aliphatic carbocycles. The molecule has 7 heteroatoms. The number of hydrogen-bond acceptors (Lipinski definition) is 6. The maximum atomic E-state index is 11.8. The van der Waals surface area contributed by atoms with Gasteiger partial charge in [0.2, 0.25) is 0 Å². The summed E-state index contributed by atoms with van der Waals surface area (Å²) in [6.07, 6.45) is 0.703. The quantitative estimate of drug-likeness (QED) is 0.774. The first-order valence-corrected chi connectivity index (χ1v) is 7.81. The molecule has 1 aromatic heterocycles. The molecular weight excluding hydrogens is 306 g/mol. The van der Waals surface area contributed by atoms with E-state index in [1.807, 2.05) is 20.8 Å². The predicted octanol–water partition coefficient (Wildman–Crippen LogP) is 1.92. The Morgan fingerprint density at radius 3 is 2.50 bits per heavy atom.